The van der Waals surface area contributed by atoms with Crippen LogP contribution in [-0.4, -0.2) is 40.4 Å². The molecule has 25 heavy (non-hydrogen) atoms. The van der Waals surface area contributed by atoms with Crippen LogP contribution in [0.15, 0.2) is 35.6 Å². The first kappa shape index (κ1) is 19.7. The number of aromatic nitrogens is 3. The molecule has 0 saturated carbocycles. The van der Waals surface area contributed by atoms with Gasteiger partial charge in [-0.15, -0.1) is 24.0 Å². The number of rotatable bonds is 5. The maximum absolute atomic E-state index is 4.33. The second-order valence-corrected chi connectivity index (χ2v) is 6.16. The van der Waals surface area contributed by atoms with Crippen LogP contribution in [0.1, 0.15) is 30.3 Å². The third-order valence-corrected chi connectivity index (χ3v) is 4.51. The number of nitrogens with zero attached hydrogens (tertiary/aromatic N) is 4. The summed E-state index contributed by atoms with van der Waals surface area (Å²) in [6, 6.07) is 9.18. The van der Waals surface area contributed by atoms with Gasteiger partial charge < -0.3 is 10.6 Å². The highest BCUT2D eigenvalue weighted by molar-refractivity contribution is 14.0. The Morgan fingerprint density at radius 1 is 1.28 bits per heavy atom. The molecule has 2 aromatic rings. The van der Waals surface area contributed by atoms with Crippen molar-refractivity contribution in [1.29, 1.82) is 0 Å². The van der Waals surface area contributed by atoms with E-state index in [4.69, 9.17) is 0 Å². The van der Waals surface area contributed by atoms with E-state index in [-0.39, 0.29) is 24.0 Å². The topological polar surface area (TPSA) is 67.1 Å². The van der Waals surface area contributed by atoms with Gasteiger partial charge in [0.05, 0.1) is 6.54 Å². The summed E-state index contributed by atoms with van der Waals surface area (Å²) in [5.74, 6) is 1.93. The van der Waals surface area contributed by atoms with Gasteiger partial charge in [0.2, 0.25) is 0 Å². The molecule has 2 N–H and O–H groups in total. The van der Waals surface area contributed by atoms with E-state index in [1.807, 2.05) is 11.7 Å². The number of benzene rings is 1. The van der Waals surface area contributed by atoms with E-state index in [1.54, 1.807) is 6.33 Å². The number of hydrogen-bond donors (Lipinski definition) is 2. The van der Waals surface area contributed by atoms with Crippen LogP contribution >= 0.6 is 24.0 Å². The van der Waals surface area contributed by atoms with Crippen LogP contribution in [0, 0.1) is 0 Å². The molecular formula is C18H27IN6. The predicted octanol–water partition coefficient (Wildman–Crippen LogP) is 2.18. The number of aryl methyl sites for hydroxylation is 2. The van der Waals surface area contributed by atoms with Gasteiger partial charge in [-0.05, 0) is 30.4 Å². The van der Waals surface area contributed by atoms with Crippen molar-refractivity contribution in [3.05, 3.63) is 47.5 Å². The summed E-state index contributed by atoms with van der Waals surface area (Å²) in [6.45, 7) is 3.89. The van der Waals surface area contributed by atoms with Gasteiger partial charge in [0.15, 0.2) is 5.96 Å². The van der Waals surface area contributed by atoms with Crippen molar-refractivity contribution in [2.24, 2.45) is 4.99 Å². The zero-order valence-corrected chi connectivity index (χ0v) is 17.2. The number of nitrogens with one attached hydrogen (secondary N) is 2. The predicted molar refractivity (Wildman–Crippen MR) is 112 cm³/mol. The average molecular weight is 454 g/mol. The van der Waals surface area contributed by atoms with Gasteiger partial charge in [-0.3, -0.25) is 4.99 Å². The first-order chi connectivity index (χ1) is 11.8. The number of aliphatic imine (C=N–C) groups is 1. The van der Waals surface area contributed by atoms with Gasteiger partial charge in [0.1, 0.15) is 12.2 Å². The number of fused-ring (bicyclic) bond motifs is 1. The van der Waals surface area contributed by atoms with Gasteiger partial charge >= 0.3 is 0 Å². The van der Waals surface area contributed by atoms with Crippen LogP contribution in [0.2, 0.25) is 0 Å². The largest absolute Gasteiger partial charge is 0.356 e. The Labute approximate surface area is 166 Å². The van der Waals surface area contributed by atoms with Gasteiger partial charge in [-0.1, -0.05) is 31.2 Å². The lowest BCUT2D eigenvalue weighted by Crippen LogP contribution is -2.47. The van der Waals surface area contributed by atoms with Crippen molar-refractivity contribution in [3.63, 3.8) is 0 Å². The SMILES string of the molecule is CCc1ccc(CCNC(=NC)NC2CCc3ncnn3C2)cc1.I. The van der Waals surface area contributed by atoms with Gasteiger partial charge in [-0.25, -0.2) is 9.67 Å². The van der Waals surface area contributed by atoms with E-state index in [9.17, 15) is 0 Å². The molecule has 7 heteroatoms. The van der Waals surface area contributed by atoms with Crippen LogP contribution in [-0.2, 0) is 25.8 Å². The average Bonchev–Trinajstić information content (AvgIpc) is 3.09. The molecule has 0 bridgehead atoms. The van der Waals surface area contributed by atoms with E-state index in [0.717, 1.165) is 50.6 Å². The molecule has 1 aliphatic heterocycles. The van der Waals surface area contributed by atoms with Gasteiger partial charge in [0, 0.05) is 26.1 Å². The second kappa shape index (κ2) is 9.74. The van der Waals surface area contributed by atoms with Crippen LogP contribution in [0.4, 0.5) is 0 Å². The van der Waals surface area contributed by atoms with E-state index < -0.39 is 0 Å². The van der Waals surface area contributed by atoms with Crippen molar-refractivity contribution < 1.29 is 0 Å². The van der Waals surface area contributed by atoms with Gasteiger partial charge in [-0.2, -0.15) is 5.10 Å². The van der Waals surface area contributed by atoms with Crippen LogP contribution in [0.5, 0.6) is 0 Å². The molecule has 3 rings (SSSR count). The molecular weight excluding hydrogens is 427 g/mol. The monoisotopic (exact) mass is 454 g/mol. The summed E-state index contributed by atoms with van der Waals surface area (Å²) in [6.07, 6.45) is 5.72. The maximum atomic E-state index is 4.33. The summed E-state index contributed by atoms with van der Waals surface area (Å²) in [5.41, 5.74) is 2.73. The molecule has 0 spiro atoms. The summed E-state index contributed by atoms with van der Waals surface area (Å²) in [7, 11) is 1.81. The molecule has 136 valence electrons. The normalized spacial score (nSPS) is 16.7. The molecule has 0 amide bonds. The third kappa shape index (κ3) is 5.42. The molecule has 1 aliphatic rings. The van der Waals surface area contributed by atoms with E-state index in [0.29, 0.717) is 6.04 Å². The molecule has 0 saturated heterocycles. The number of guanidine groups is 1. The maximum Gasteiger partial charge on any atom is 0.191 e. The molecule has 0 fully saturated rings. The fourth-order valence-electron chi connectivity index (χ4n) is 3.01. The molecule has 1 aromatic heterocycles. The zero-order valence-electron chi connectivity index (χ0n) is 14.9. The molecule has 1 aromatic carbocycles. The molecule has 2 heterocycles. The Morgan fingerprint density at radius 2 is 2.04 bits per heavy atom. The Hall–Kier alpha value is -1.64. The van der Waals surface area contributed by atoms with Crippen LogP contribution < -0.4 is 10.6 Å². The minimum atomic E-state index is 0. The molecule has 6 nitrogen and oxygen atoms in total. The van der Waals surface area contributed by atoms with Crippen molar-refractivity contribution in [2.75, 3.05) is 13.6 Å². The van der Waals surface area contributed by atoms with E-state index >= 15 is 0 Å². The zero-order chi connectivity index (χ0) is 16.8. The number of halogens is 1. The van der Waals surface area contributed by atoms with Crippen molar-refractivity contribution in [1.82, 2.24) is 25.4 Å². The minimum Gasteiger partial charge on any atom is -0.356 e. The Balaban J connectivity index is 0.00000225. The minimum absolute atomic E-state index is 0. The summed E-state index contributed by atoms with van der Waals surface area (Å²) in [4.78, 5) is 8.60. The lowest BCUT2D eigenvalue weighted by atomic mass is 10.1. The summed E-state index contributed by atoms with van der Waals surface area (Å²) in [5, 5.41) is 11.2. The Kier molecular flexibility index (Phi) is 7.67. The first-order valence-electron chi connectivity index (χ1n) is 8.70. The number of hydrogen-bond acceptors (Lipinski definition) is 3. The molecule has 0 radical (unpaired) electrons. The van der Waals surface area contributed by atoms with E-state index in [1.165, 1.54) is 11.1 Å². The molecule has 0 aliphatic carbocycles. The van der Waals surface area contributed by atoms with E-state index in [2.05, 4.69) is 56.9 Å². The lowest BCUT2D eigenvalue weighted by Gasteiger charge is -2.25. The highest BCUT2D eigenvalue weighted by Crippen LogP contribution is 2.11. The molecule has 1 unspecified atom stereocenters. The standard InChI is InChI=1S/C18H26N6.HI/c1-3-14-4-6-15(7-5-14)10-11-20-18(19-2)23-16-8-9-17-21-13-22-24(17)12-16;/h4-7,13,16H,3,8-12H2,1-2H3,(H2,19,20,23);1H. The summed E-state index contributed by atoms with van der Waals surface area (Å²) < 4.78 is 1.98. The fraction of sp³-hybridized carbons (Fsp3) is 0.500. The van der Waals surface area contributed by atoms with Crippen LogP contribution in [0.3, 0.4) is 0 Å². The van der Waals surface area contributed by atoms with Crippen molar-refractivity contribution in [3.8, 4) is 0 Å². The van der Waals surface area contributed by atoms with Crippen molar-refractivity contribution in [2.45, 2.75) is 45.2 Å². The first-order valence-corrected chi connectivity index (χ1v) is 8.70. The smallest absolute Gasteiger partial charge is 0.191 e. The lowest BCUT2D eigenvalue weighted by molar-refractivity contribution is 0.393. The highest BCUT2D eigenvalue weighted by Gasteiger charge is 2.20. The van der Waals surface area contributed by atoms with Crippen LogP contribution in [0.25, 0.3) is 0 Å². The van der Waals surface area contributed by atoms with Gasteiger partial charge in [0.25, 0.3) is 0 Å². The third-order valence-electron chi connectivity index (χ3n) is 4.51. The molecule has 1 atom stereocenters. The van der Waals surface area contributed by atoms with Crippen molar-refractivity contribution >= 4 is 29.9 Å². The quantitative estimate of drug-likeness (QED) is 0.413. The highest BCUT2D eigenvalue weighted by atomic mass is 127. The fourth-order valence-corrected chi connectivity index (χ4v) is 3.01. The summed E-state index contributed by atoms with van der Waals surface area (Å²) >= 11 is 0. The Bertz CT molecular complexity index is 679. The Morgan fingerprint density at radius 3 is 2.76 bits per heavy atom. The second-order valence-electron chi connectivity index (χ2n) is 6.16.